The minimum absolute atomic E-state index is 0.0358. The fourth-order valence-electron chi connectivity index (χ4n) is 3.72. The van der Waals surface area contributed by atoms with Gasteiger partial charge >= 0.3 is 0 Å². The molecule has 1 heterocycles. The first-order valence-corrected chi connectivity index (χ1v) is 11.3. The molecule has 6 nitrogen and oxygen atoms in total. The van der Waals surface area contributed by atoms with Crippen LogP contribution in [0.2, 0.25) is 0 Å². The summed E-state index contributed by atoms with van der Waals surface area (Å²) in [5.41, 5.74) is 3.32. The lowest BCUT2D eigenvalue weighted by molar-refractivity contribution is -0.121. The largest absolute Gasteiger partial charge is 0.352 e. The van der Waals surface area contributed by atoms with Crippen LogP contribution in [0.4, 0.5) is 0 Å². The molecule has 0 bridgehead atoms. The number of hydrogen-bond acceptors (Lipinski definition) is 3. The van der Waals surface area contributed by atoms with Crippen molar-refractivity contribution in [2.45, 2.75) is 52.0 Å². The third-order valence-corrected chi connectivity index (χ3v) is 5.71. The van der Waals surface area contributed by atoms with Gasteiger partial charge in [-0.1, -0.05) is 45.0 Å². The molecule has 3 amide bonds. The molecule has 1 fully saturated rings. The van der Waals surface area contributed by atoms with Gasteiger partial charge in [-0.25, -0.2) is 0 Å². The van der Waals surface area contributed by atoms with Crippen LogP contribution in [-0.2, 0) is 16.8 Å². The number of nitrogens with one attached hydrogen (secondary N) is 2. The first-order valence-electron chi connectivity index (χ1n) is 11.3. The number of rotatable bonds is 7. The monoisotopic (exact) mass is 435 g/mol. The summed E-state index contributed by atoms with van der Waals surface area (Å²) in [6.45, 7) is 8.62. The van der Waals surface area contributed by atoms with Crippen molar-refractivity contribution in [3.8, 4) is 0 Å². The van der Waals surface area contributed by atoms with Crippen LogP contribution in [0.5, 0.6) is 0 Å². The number of nitrogens with zero attached hydrogens (tertiary/aromatic N) is 1. The molecule has 0 aromatic heterocycles. The SMILES string of the molecule is CC(C)(C)c1ccc(C(=O)NCCC(=O)NCc2cccc(C(=O)N3CCCC3)c2)cc1. The van der Waals surface area contributed by atoms with Crippen LogP contribution in [-0.4, -0.2) is 42.3 Å². The second-order valence-electron chi connectivity index (χ2n) is 9.31. The second-order valence-corrected chi connectivity index (χ2v) is 9.31. The Hall–Kier alpha value is -3.15. The van der Waals surface area contributed by atoms with Crippen LogP contribution in [0, 0.1) is 0 Å². The fourth-order valence-corrected chi connectivity index (χ4v) is 3.72. The first-order chi connectivity index (χ1) is 15.2. The number of hydrogen-bond donors (Lipinski definition) is 2. The van der Waals surface area contributed by atoms with Gasteiger partial charge in [-0.2, -0.15) is 0 Å². The van der Waals surface area contributed by atoms with Gasteiger partial charge in [0.15, 0.2) is 0 Å². The van der Waals surface area contributed by atoms with E-state index in [1.54, 1.807) is 0 Å². The van der Waals surface area contributed by atoms with Gasteiger partial charge in [0.25, 0.3) is 11.8 Å². The summed E-state index contributed by atoms with van der Waals surface area (Å²) in [4.78, 5) is 38.9. The third kappa shape index (κ3) is 6.42. The Kier molecular flexibility index (Phi) is 7.67. The molecule has 0 spiro atoms. The number of amides is 3. The topological polar surface area (TPSA) is 78.5 Å². The maximum atomic E-state index is 12.5. The van der Waals surface area contributed by atoms with E-state index >= 15 is 0 Å². The van der Waals surface area contributed by atoms with E-state index in [0.717, 1.165) is 31.5 Å². The predicted molar refractivity (Wildman–Crippen MR) is 126 cm³/mol. The molecular weight excluding hydrogens is 402 g/mol. The lowest BCUT2D eigenvalue weighted by atomic mass is 9.87. The Morgan fingerprint density at radius 2 is 1.59 bits per heavy atom. The van der Waals surface area contributed by atoms with Crippen molar-refractivity contribution < 1.29 is 14.4 Å². The van der Waals surface area contributed by atoms with E-state index in [9.17, 15) is 14.4 Å². The molecule has 6 heteroatoms. The summed E-state index contributed by atoms with van der Waals surface area (Å²) >= 11 is 0. The fraction of sp³-hybridized carbons (Fsp3) is 0.423. The van der Waals surface area contributed by atoms with Crippen LogP contribution in [0.1, 0.15) is 71.9 Å². The quantitative estimate of drug-likeness (QED) is 0.697. The predicted octanol–water partition coefficient (Wildman–Crippen LogP) is 3.66. The average molecular weight is 436 g/mol. The van der Waals surface area contributed by atoms with E-state index in [1.807, 2.05) is 53.4 Å². The minimum atomic E-state index is -0.189. The molecule has 0 atom stereocenters. The molecule has 0 radical (unpaired) electrons. The highest BCUT2D eigenvalue weighted by atomic mass is 16.2. The van der Waals surface area contributed by atoms with Gasteiger partial charge < -0.3 is 15.5 Å². The molecule has 2 aromatic carbocycles. The Morgan fingerprint density at radius 1 is 0.906 bits per heavy atom. The lowest BCUT2D eigenvalue weighted by Gasteiger charge is -2.19. The minimum Gasteiger partial charge on any atom is -0.352 e. The van der Waals surface area contributed by atoms with E-state index in [2.05, 4.69) is 31.4 Å². The summed E-state index contributed by atoms with van der Waals surface area (Å²) in [5, 5.41) is 5.65. The van der Waals surface area contributed by atoms with Gasteiger partial charge in [-0.15, -0.1) is 0 Å². The van der Waals surface area contributed by atoms with Gasteiger partial charge in [0.1, 0.15) is 0 Å². The normalized spacial score (nSPS) is 13.7. The zero-order chi connectivity index (χ0) is 23.1. The highest BCUT2D eigenvalue weighted by Gasteiger charge is 2.19. The van der Waals surface area contributed by atoms with E-state index in [1.165, 1.54) is 5.56 Å². The Labute approximate surface area is 190 Å². The zero-order valence-corrected chi connectivity index (χ0v) is 19.2. The molecule has 0 saturated carbocycles. The summed E-state index contributed by atoms with van der Waals surface area (Å²) in [5.74, 6) is -0.287. The van der Waals surface area contributed by atoms with Gasteiger partial charge in [-0.3, -0.25) is 14.4 Å². The maximum Gasteiger partial charge on any atom is 0.253 e. The molecule has 3 rings (SSSR count). The molecule has 1 saturated heterocycles. The van der Waals surface area contributed by atoms with Crippen molar-refractivity contribution in [3.05, 3.63) is 70.8 Å². The third-order valence-electron chi connectivity index (χ3n) is 5.71. The molecule has 1 aliphatic heterocycles. The molecule has 170 valence electrons. The van der Waals surface area contributed by atoms with Gasteiger partial charge in [0, 0.05) is 43.7 Å². The molecule has 0 aliphatic carbocycles. The van der Waals surface area contributed by atoms with E-state index in [-0.39, 0.29) is 36.1 Å². The Balaban J connectivity index is 1.42. The Morgan fingerprint density at radius 3 is 2.25 bits per heavy atom. The summed E-state index contributed by atoms with van der Waals surface area (Å²) < 4.78 is 0. The van der Waals surface area contributed by atoms with Crippen molar-refractivity contribution >= 4 is 17.7 Å². The lowest BCUT2D eigenvalue weighted by Crippen LogP contribution is -2.30. The van der Waals surface area contributed by atoms with Crippen molar-refractivity contribution in [1.29, 1.82) is 0 Å². The van der Waals surface area contributed by atoms with Crippen molar-refractivity contribution in [2.75, 3.05) is 19.6 Å². The highest BCUT2D eigenvalue weighted by Crippen LogP contribution is 2.22. The number of likely N-dealkylation sites (tertiary alicyclic amines) is 1. The molecule has 2 aromatic rings. The molecular formula is C26H33N3O3. The summed E-state index contributed by atoms with van der Waals surface area (Å²) in [7, 11) is 0. The smallest absolute Gasteiger partial charge is 0.253 e. The van der Waals surface area contributed by atoms with Crippen LogP contribution in [0.15, 0.2) is 48.5 Å². The standard InChI is InChI=1S/C26H33N3O3/c1-26(2,3)22-11-9-20(10-12-22)24(31)27-14-13-23(30)28-18-19-7-6-8-21(17-19)25(32)29-15-4-5-16-29/h6-12,17H,4-5,13-16,18H2,1-3H3,(H,27,31)(H,28,30). The summed E-state index contributed by atoms with van der Waals surface area (Å²) in [6, 6.07) is 14.9. The van der Waals surface area contributed by atoms with Crippen LogP contribution in [0.3, 0.4) is 0 Å². The van der Waals surface area contributed by atoms with Crippen molar-refractivity contribution in [1.82, 2.24) is 15.5 Å². The van der Waals surface area contributed by atoms with Gasteiger partial charge in [-0.05, 0) is 53.6 Å². The van der Waals surface area contributed by atoms with Crippen LogP contribution >= 0.6 is 0 Å². The zero-order valence-electron chi connectivity index (χ0n) is 19.2. The number of benzene rings is 2. The molecule has 2 N–H and O–H groups in total. The molecule has 32 heavy (non-hydrogen) atoms. The second kappa shape index (κ2) is 10.4. The Bertz CT molecular complexity index is 955. The van der Waals surface area contributed by atoms with Gasteiger partial charge in [0.05, 0.1) is 0 Å². The van der Waals surface area contributed by atoms with E-state index < -0.39 is 0 Å². The maximum absolute atomic E-state index is 12.5. The van der Waals surface area contributed by atoms with E-state index in [4.69, 9.17) is 0 Å². The summed E-state index contributed by atoms with van der Waals surface area (Å²) in [6.07, 6.45) is 2.30. The van der Waals surface area contributed by atoms with Crippen LogP contribution < -0.4 is 10.6 Å². The van der Waals surface area contributed by atoms with Crippen LogP contribution in [0.25, 0.3) is 0 Å². The molecule has 0 unspecified atom stereocenters. The average Bonchev–Trinajstić information content (AvgIpc) is 3.32. The first kappa shape index (κ1) is 23.5. The van der Waals surface area contributed by atoms with Gasteiger partial charge in [0.2, 0.25) is 5.91 Å². The molecule has 1 aliphatic rings. The number of carbonyl (C=O) groups excluding carboxylic acids is 3. The highest BCUT2D eigenvalue weighted by molar-refractivity contribution is 5.95. The number of carbonyl (C=O) groups is 3. The van der Waals surface area contributed by atoms with Crippen molar-refractivity contribution in [3.63, 3.8) is 0 Å². The van der Waals surface area contributed by atoms with Crippen molar-refractivity contribution in [2.24, 2.45) is 0 Å². The van der Waals surface area contributed by atoms with E-state index in [0.29, 0.717) is 17.7 Å².